The smallest absolute Gasteiger partial charge is 0.212 e. The Morgan fingerprint density at radius 1 is 1.33 bits per heavy atom. The van der Waals surface area contributed by atoms with Gasteiger partial charge in [0.05, 0.1) is 0 Å². The highest BCUT2D eigenvalue weighted by molar-refractivity contribution is 5.94. The second kappa shape index (κ2) is 5.00. The number of hydrogen-bond acceptors (Lipinski definition) is 4. The number of pyridine rings is 2. The highest BCUT2D eigenvalue weighted by Gasteiger charge is 2.07. The molecule has 5 nitrogen and oxygen atoms in total. The van der Waals surface area contributed by atoms with E-state index in [1.165, 1.54) is 0 Å². The molecule has 0 spiro atoms. The van der Waals surface area contributed by atoms with E-state index in [2.05, 4.69) is 34.4 Å². The third kappa shape index (κ3) is 2.56. The maximum absolute atomic E-state index is 10.4. The summed E-state index contributed by atoms with van der Waals surface area (Å²) in [5, 5.41) is 7.80. The second-order valence-corrected chi connectivity index (χ2v) is 4.46. The van der Waals surface area contributed by atoms with E-state index in [0.29, 0.717) is 12.2 Å². The van der Waals surface area contributed by atoms with Gasteiger partial charge in [0.1, 0.15) is 11.6 Å². The van der Waals surface area contributed by atoms with Crippen molar-refractivity contribution in [3.05, 3.63) is 24.0 Å². The minimum Gasteiger partial charge on any atom is -0.367 e. The number of carbonyl (C=O) groups is 1. The lowest BCUT2D eigenvalue weighted by molar-refractivity contribution is -0.105. The van der Waals surface area contributed by atoms with Crippen molar-refractivity contribution in [1.29, 1.82) is 0 Å². The van der Waals surface area contributed by atoms with Gasteiger partial charge in [-0.15, -0.1) is 0 Å². The Morgan fingerprint density at radius 3 is 2.78 bits per heavy atom. The lowest BCUT2D eigenvalue weighted by Gasteiger charge is -2.13. The van der Waals surface area contributed by atoms with Gasteiger partial charge in [-0.1, -0.05) is 0 Å². The zero-order valence-electron chi connectivity index (χ0n) is 10.7. The highest BCUT2D eigenvalue weighted by atomic mass is 16.1. The zero-order chi connectivity index (χ0) is 13.1. The van der Waals surface area contributed by atoms with Gasteiger partial charge in [-0.25, -0.2) is 9.97 Å². The van der Waals surface area contributed by atoms with E-state index in [0.717, 1.165) is 22.3 Å². The fraction of sp³-hybridized carbons (Fsp3) is 0.308. The number of amides is 1. The SMILES string of the molecule is Cc1cc2cnc(NC=O)cc2c(NC(C)C)n1. The Bertz CT molecular complexity index is 580. The van der Waals surface area contributed by atoms with Crippen LogP contribution in [0, 0.1) is 6.92 Å². The van der Waals surface area contributed by atoms with Gasteiger partial charge in [0.25, 0.3) is 0 Å². The molecule has 2 heterocycles. The maximum Gasteiger partial charge on any atom is 0.212 e. The van der Waals surface area contributed by atoms with E-state index in [1.54, 1.807) is 6.20 Å². The number of hydrogen-bond donors (Lipinski definition) is 2. The van der Waals surface area contributed by atoms with Gasteiger partial charge < -0.3 is 10.6 Å². The van der Waals surface area contributed by atoms with Crippen LogP contribution in [-0.4, -0.2) is 22.4 Å². The van der Waals surface area contributed by atoms with E-state index in [-0.39, 0.29) is 6.04 Å². The molecule has 1 amide bonds. The van der Waals surface area contributed by atoms with Crippen LogP contribution < -0.4 is 10.6 Å². The Morgan fingerprint density at radius 2 is 2.11 bits per heavy atom. The lowest BCUT2D eigenvalue weighted by atomic mass is 10.1. The summed E-state index contributed by atoms with van der Waals surface area (Å²) in [7, 11) is 0. The van der Waals surface area contributed by atoms with E-state index >= 15 is 0 Å². The molecule has 0 aliphatic carbocycles. The minimum absolute atomic E-state index is 0.290. The third-order valence-electron chi connectivity index (χ3n) is 2.47. The fourth-order valence-corrected chi connectivity index (χ4v) is 1.80. The molecular weight excluding hydrogens is 228 g/mol. The third-order valence-corrected chi connectivity index (χ3v) is 2.47. The number of aromatic nitrogens is 2. The van der Waals surface area contributed by atoms with Crippen LogP contribution in [-0.2, 0) is 4.79 Å². The predicted molar refractivity (Wildman–Crippen MR) is 72.7 cm³/mol. The van der Waals surface area contributed by atoms with Crippen molar-refractivity contribution in [1.82, 2.24) is 9.97 Å². The number of nitrogens with zero attached hydrogens (tertiary/aromatic N) is 2. The van der Waals surface area contributed by atoms with Crippen LogP contribution in [0.3, 0.4) is 0 Å². The van der Waals surface area contributed by atoms with Gasteiger partial charge >= 0.3 is 0 Å². The zero-order valence-corrected chi connectivity index (χ0v) is 10.7. The molecule has 0 aromatic carbocycles. The average molecular weight is 244 g/mol. The van der Waals surface area contributed by atoms with Gasteiger partial charge in [-0.3, -0.25) is 4.79 Å². The van der Waals surface area contributed by atoms with Crippen molar-refractivity contribution in [2.75, 3.05) is 10.6 Å². The number of anilines is 2. The Kier molecular flexibility index (Phi) is 3.41. The maximum atomic E-state index is 10.4. The molecular formula is C13H16N4O. The predicted octanol–water partition coefficient (Wildman–Crippen LogP) is 2.33. The van der Waals surface area contributed by atoms with Gasteiger partial charge in [-0.05, 0) is 32.9 Å². The molecule has 18 heavy (non-hydrogen) atoms. The molecule has 0 aliphatic heterocycles. The van der Waals surface area contributed by atoms with Crippen molar-refractivity contribution >= 4 is 28.8 Å². The Balaban J connectivity index is 2.58. The summed E-state index contributed by atoms with van der Waals surface area (Å²) in [6.07, 6.45) is 2.35. The van der Waals surface area contributed by atoms with Gasteiger partial charge in [0.2, 0.25) is 6.41 Å². The van der Waals surface area contributed by atoms with Crippen molar-refractivity contribution in [3.63, 3.8) is 0 Å². The number of fused-ring (bicyclic) bond motifs is 1. The molecule has 0 fully saturated rings. The number of aryl methyl sites for hydroxylation is 1. The Hall–Kier alpha value is -2.17. The molecule has 0 aliphatic rings. The van der Waals surface area contributed by atoms with Gasteiger partial charge in [0, 0.05) is 28.7 Å². The first-order chi connectivity index (χ1) is 8.60. The van der Waals surface area contributed by atoms with Crippen molar-refractivity contribution in [2.45, 2.75) is 26.8 Å². The molecule has 5 heteroatoms. The molecule has 0 atom stereocenters. The molecule has 0 bridgehead atoms. The second-order valence-electron chi connectivity index (χ2n) is 4.46. The van der Waals surface area contributed by atoms with Crippen LogP contribution in [0.2, 0.25) is 0 Å². The molecule has 94 valence electrons. The van der Waals surface area contributed by atoms with E-state index < -0.39 is 0 Å². The van der Waals surface area contributed by atoms with Crippen LogP contribution >= 0.6 is 0 Å². The number of rotatable bonds is 4. The van der Waals surface area contributed by atoms with Crippen LogP contribution in [0.1, 0.15) is 19.5 Å². The average Bonchev–Trinajstić information content (AvgIpc) is 2.29. The fourth-order valence-electron chi connectivity index (χ4n) is 1.80. The van der Waals surface area contributed by atoms with Crippen molar-refractivity contribution < 1.29 is 4.79 Å². The normalized spacial score (nSPS) is 10.7. The summed E-state index contributed by atoms with van der Waals surface area (Å²) in [4.78, 5) is 19.1. The van der Waals surface area contributed by atoms with Gasteiger partial charge in [-0.2, -0.15) is 0 Å². The molecule has 0 radical (unpaired) electrons. The van der Waals surface area contributed by atoms with Crippen LogP contribution in [0.5, 0.6) is 0 Å². The molecule has 2 aromatic rings. The molecule has 0 saturated heterocycles. The lowest BCUT2D eigenvalue weighted by Crippen LogP contribution is -2.12. The first kappa shape index (κ1) is 12.3. The highest BCUT2D eigenvalue weighted by Crippen LogP contribution is 2.24. The van der Waals surface area contributed by atoms with Crippen molar-refractivity contribution in [3.8, 4) is 0 Å². The summed E-state index contributed by atoms with van der Waals surface area (Å²) in [6.45, 7) is 6.06. The molecule has 2 rings (SSSR count). The van der Waals surface area contributed by atoms with E-state index in [9.17, 15) is 4.79 Å². The molecule has 0 saturated carbocycles. The molecule has 2 N–H and O–H groups in total. The molecule has 0 unspecified atom stereocenters. The quantitative estimate of drug-likeness (QED) is 0.810. The molecule has 2 aromatic heterocycles. The van der Waals surface area contributed by atoms with Crippen molar-refractivity contribution in [2.24, 2.45) is 0 Å². The van der Waals surface area contributed by atoms with Crippen LogP contribution in [0.15, 0.2) is 18.3 Å². The summed E-state index contributed by atoms with van der Waals surface area (Å²) in [5.41, 5.74) is 0.934. The van der Waals surface area contributed by atoms with Crippen LogP contribution in [0.4, 0.5) is 11.6 Å². The Labute approximate surface area is 106 Å². The first-order valence-corrected chi connectivity index (χ1v) is 5.84. The largest absolute Gasteiger partial charge is 0.367 e. The minimum atomic E-state index is 0.290. The van der Waals surface area contributed by atoms with Gasteiger partial charge in [0.15, 0.2) is 0 Å². The topological polar surface area (TPSA) is 66.9 Å². The van der Waals surface area contributed by atoms with E-state index in [4.69, 9.17) is 0 Å². The monoisotopic (exact) mass is 244 g/mol. The van der Waals surface area contributed by atoms with Crippen LogP contribution in [0.25, 0.3) is 10.8 Å². The summed E-state index contributed by atoms with van der Waals surface area (Å²) in [5.74, 6) is 1.34. The van der Waals surface area contributed by atoms with E-state index in [1.807, 2.05) is 19.1 Å². The first-order valence-electron chi connectivity index (χ1n) is 5.84. The summed E-state index contributed by atoms with van der Waals surface area (Å²) in [6, 6.07) is 4.08. The number of nitrogens with one attached hydrogen (secondary N) is 2. The summed E-state index contributed by atoms with van der Waals surface area (Å²) < 4.78 is 0. The summed E-state index contributed by atoms with van der Waals surface area (Å²) >= 11 is 0. The number of carbonyl (C=O) groups excluding carboxylic acids is 1. The standard InChI is InChI=1S/C13H16N4O/c1-8(2)16-13-11-5-12(15-7-18)14-6-10(11)4-9(3)17-13/h4-8H,1-3H3,(H,16,17)(H,14,15,18).